The molecular weight excluding hydrogens is 210 g/mol. The molecule has 0 radical (unpaired) electrons. The highest BCUT2D eigenvalue weighted by atomic mass is 35.5. The molecule has 1 aliphatic heterocycles. The summed E-state index contributed by atoms with van der Waals surface area (Å²) < 4.78 is 0. The molecule has 3 heteroatoms. The summed E-state index contributed by atoms with van der Waals surface area (Å²) in [5, 5.41) is 10.2. The number of nitrogens with zero attached hydrogens (tertiary/aromatic N) is 1. The van der Waals surface area contributed by atoms with E-state index < -0.39 is 0 Å². The molecule has 1 N–H and O–H groups in total. The van der Waals surface area contributed by atoms with Crippen molar-refractivity contribution in [3.05, 3.63) is 34.9 Å². The fraction of sp³-hybridized carbons (Fsp3) is 0.500. The van der Waals surface area contributed by atoms with Gasteiger partial charge in [-0.05, 0) is 43.6 Å². The Kier molecular flexibility index (Phi) is 3.62. The van der Waals surface area contributed by atoms with Crippen LogP contribution in [-0.4, -0.2) is 29.7 Å². The Hall–Kier alpha value is -0.570. The van der Waals surface area contributed by atoms with Gasteiger partial charge in [-0.25, -0.2) is 0 Å². The standard InChI is InChI=1S/C12H16ClNO/c13-11-5-3-4-10(8-11)12(9-15)14-6-1-2-7-14/h3-5,8,12,15H,1-2,6-7,9H2/t12-/m1/s1. The van der Waals surface area contributed by atoms with E-state index in [1.165, 1.54) is 12.8 Å². The number of halogens is 1. The van der Waals surface area contributed by atoms with E-state index in [1.807, 2.05) is 24.3 Å². The second-order valence-corrected chi connectivity index (χ2v) is 4.43. The average Bonchev–Trinajstić information content (AvgIpc) is 2.72. The van der Waals surface area contributed by atoms with Crippen LogP contribution in [0.3, 0.4) is 0 Å². The quantitative estimate of drug-likeness (QED) is 0.855. The number of hydrogen-bond acceptors (Lipinski definition) is 2. The molecule has 1 saturated heterocycles. The zero-order chi connectivity index (χ0) is 10.7. The lowest BCUT2D eigenvalue weighted by molar-refractivity contribution is 0.147. The molecule has 1 aromatic carbocycles. The molecule has 1 heterocycles. The largest absolute Gasteiger partial charge is 0.394 e. The number of aliphatic hydroxyl groups excluding tert-OH is 1. The molecule has 2 nitrogen and oxygen atoms in total. The lowest BCUT2D eigenvalue weighted by Gasteiger charge is -2.26. The third-order valence-electron chi connectivity index (χ3n) is 2.99. The summed E-state index contributed by atoms with van der Waals surface area (Å²) in [7, 11) is 0. The van der Waals surface area contributed by atoms with Crippen molar-refractivity contribution in [2.75, 3.05) is 19.7 Å². The SMILES string of the molecule is OC[C@H](c1cccc(Cl)c1)N1CCCC1. The first-order chi connectivity index (χ1) is 7.31. The molecule has 0 amide bonds. The molecule has 1 atom stereocenters. The van der Waals surface area contributed by atoms with Crippen LogP contribution in [0, 0.1) is 0 Å². The maximum atomic E-state index is 9.45. The number of rotatable bonds is 3. The van der Waals surface area contributed by atoms with E-state index in [2.05, 4.69) is 4.90 Å². The molecule has 2 rings (SSSR count). The summed E-state index contributed by atoms with van der Waals surface area (Å²) in [5.74, 6) is 0. The first-order valence-electron chi connectivity index (χ1n) is 5.41. The fourth-order valence-electron chi connectivity index (χ4n) is 2.20. The van der Waals surface area contributed by atoms with Crippen LogP contribution in [0.1, 0.15) is 24.4 Å². The average molecular weight is 226 g/mol. The van der Waals surface area contributed by atoms with Gasteiger partial charge in [-0.2, -0.15) is 0 Å². The van der Waals surface area contributed by atoms with Crippen LogP contribution in [0.15, 0.2) is 24.3 Å². The minimum Gasteiger partial charge on any atom is -0.394 e. The second kappa shape index (κ2) is 4.97. The number of aliphatic hydroxyl groups is 1. The van der Waals surface area contributed by atoms with Crippen LogP contribution in [0.25, 0.3) is 0 Å². The molecular formula is C12H16ClNO. The topological polar surface area (TPSA) is 23.5 Å². The monoisotopic (exact) mass is 225 g/mol. The van der Waals surface area contributed by atoms with Crippen LogP contribution in [0.4, 0.5) is 0 Å². The lowest BCUT2D eigenvalue weighted by Crippen LogP contribution is -2.28. The summed E-state index contributed by atoms with van der Waals surface area (Å²) in [6.07, 6.45) is 2.47. The number of likely N-dealkylation sites (tertiary alicyclic amines) is 1. The van der Waals surface area contributed by atoms with Gasteiger partial charge in [0.2, 0.25) is 0 Å². The van der Waals surface area contributed by atoms with Gasteiger partial charge in [-0.1, -0.05) is 23.7 Å². The van der Waals surface area contributed by atoms with Crippen molar-refractivity contribution in [1.82, 2.24) is 4.90 Å². The maximum absolute atomic E-state index is 9.45. The Bertz CT molecular complexity index is 323. The van der Waals surface area contributed by atoms with Gasteiger partial charge in [0.25, 0.3) is 0 Å². The molecule has 82 valence electrons. The summed E-state index contributed by atoms with van der Waals surface area (Å²) in [6.45, 7) is 2.33. The molecule has 0 spiro atoms. The Morgan fingerprint density at radius 2 is 2.07 bits per heavy atom. The highest BCUT2D eigenvalue weighted by Crippen LogP contribution is 2.26. The van der Waals surface area contributed by atoms with Crippen molar-refractivity contribution in [2.45, 2.75) is 18.9 Å². The molecule has 1 aromatic rings. The Morgan fingerprint density at radius 3 is 2.67 bits per heavy atom. The van der Waals surface area contributed by atoms with Gasteiger partial charge in [0.15, 0.2) is 0 Å². The van der Waals surface area contributed by atoms with Gasteiger partial charge in [-0.15, -0.1) is 0 Å². The number of hydrogen-bond donors (Lipinski definition) is 1. The molecule has 0 saturated carbocycles. The summed E-state index contributed by atoms with van der Waals surface area (Å²) in [5.41, 5.74) is 1.12. The van der Waals surface area contributed by atoms with Gasteiger partial charge < -0.3 is 5.11 Å². The predicted molar refractivity (Wildman–Crippen MR) is 62.1 cm³/mol. The van der Waals surface area contributed by atoms with Crippen molar-refractivity contribution in [3.63, 3.8) is 0 Å². The van der Waals surface area contributed by atoms with E-state index in [1.54, 1.807) is 0 Å². The third kappa shape index (κ3) is 2.51. The second-order valence-electron chi connectivity index (χ2n) is 4.00. The summed E-state index contributed by atoms with van der Waals surface area (Å²) >= 11 is 5.95. The van der Waals surface area contributed by atoms with Gasteiger partial charge >= 0.3 is 0 Å². The van der Waals surface area contributed by atoms with E-state index in [0.717, 1.165) is 23.7 Å². The molecule has 1 aliphatic rings. The Labute approximate surface area is 95.5 Å². The van der Waals surface area contributed by atoms with Crippen LogP contribution in [-0.2, 0) is 0 Å². The minimum atomic E-state index is 0.117. The molecule has 0 aromatic heterocycles. The zero-order valence-corrected chi connectivity index (χ0v) is 9.45. The lowest BCUT2D eigenvalue weighted by atomic mass is 10.1. The van der Waals surface area contributed by atoms with E-state index in [9.17, 15) is 5.11 Å². The predicted octanol–water partition coefficient (Wildman–Crippen LogP) is 2.47. The van der Waals surface area contributed by atoms with Crippen LogP contribution < -0.4 is 0 Å². The van der Waals surface area contributed by atoms with Gasteiger partial charge in [0.05, 0.1) is 12.6 Å². The fourth-order valence-corrected chi connectivity index (χ4v) is 2.40. The van der Waals surface area contributed by atoms with E-state index in [-0.39, 0.29) is 12.6 Å². The van der Waals surface area contributed by atoms with Crippen molar-refractivity contribution in [2.24, 2.45) is 0 Å². The first-order valence-corrected chi connectivity index (χ1v) is 5.79. The third-order valence-corrected chi connectivity index (χ3v) is 3.22. The molecule has 0 unspecified atom stereocenters. The van der Waals surface area contributed by atoms with Gasteiger partial charge in [-0.3, -0.25) is 4.90 Å². The molecule has 1 fully saturated rings. The first kappa shape index (κ1) is 10.9. The van der Waals surface area contributed by atoms with Crippen LogP contribution in [0.5, 0.6) is 0 Å². The molecule has 0 aliphatic carbocycles. The van der Waals surface area contributed by atoms with Gasteiger partial charge in [0.1, 0.15) is 0 Å². The van der Waals surface area contributed by atoms with Crippen LogP contribution >= 0.6 is 11.6 Å². The van der Waals surface area contributed by atoms with Gasteiger partial charge in [0, 0.05) is 5.02 Å². The van der Waals surface area contributed by atoms with E-state index in [0.29, 0.717) is 0 Å². The van der Waals surface area contributed by atoms with Crippen molar-refractivity contribution >= 4 is 11.6 Å². The zero-order valence-electron chi connectivity index (χ0n) is 8.69. The molecule has 15 heavy (non-hydrogen) atoms. The van der Waals surface area contributed by atoms with E-state index >= 15 is 0 Å². The minimum absolute atomic E-state index is 0.117. The summed E-state index contributed by atoms with van der Waals surface area (Å²) in [6, 6.07) is 7.90. The van der Waals surface area contributed by atoms with Crippen molar-refractivity contribution in [3.8, 4) is 0 Å². The maximum Gasteiger partial charge on any atom is 0.0628 e. The Morgan fingerprint density at radius 1 is 1.33 bits per heavy atom. The molecule has 0 bridgehead atoms. The smallest absolute Gasteiger partial charge is 0.0628 e. The highest BCUT2D eigenvalue weighted by Gasteiger charge is 2.22. The van der Waals surface area contributed by atoms with Crippen LogP contribution in [0.2, 0.25) is 5.02 Å². The normalized spacial score (nSPS) is 19.3. The highest BCUT2D eigenvalue weighted by molar-refractivity contribution is 6.30. The van der Waals surface area contributed by atoms with Crippen molar-refractivity contribution < 1.29 is 5.11 Å². The van der Waals surface area contributed by atoms with Crippen molar-refractivity contribution in [1.29, 1.82) is 0 Å². The van der Waals surface area contributed by atoms with E-state index in [4.69, 9.17) is 11.6 Å². The Balaban J connectivity index is 2.18. The summed E-state index contributed by atoms with van der Waals surface area (Å²) in [4.78, 5) is 2.33. The number of benzene rings is 1.